The van der Waals surface area contributed by atoms with Crippen LogP contribution in [0.2, 0.25) is 0 Å². The molecule has 0 unspecified atom stereocenters. The van der Waals surface area contributed by atoms with Crippen molar-refractivity contribution in [3.05, 3.63) is 0 Å². The van der Waals surface area contributed by atoms with Crippen molar-refractivity contribution in [3.8, 4) is 0 Å². The summed E-state index contributed by atoms with van der Waals surface area (Å²) in [5.41, 5.74) is 1.16. The van der Waals surface area contributed by atoms with Crippen LogP contribution >= 0.6 is 11.5 Å². The average Bonchev–Trinajstić information content (AvgIpc) is 1.83. The first kappa shape index (κ1) is 8.14. The van der Waals surface area contributed by atoms with Crippen LogP contribution in [-0.4, -0.2) is 28.1 Å². The van der Waals surface area contributed by atoms with Crippen LogP contribution in [0.25, 0.3) is 0 Å². The van der Waals surface area contributed by atoms with Gasteiger partial charge in [-0.2, -0.15) is 0 Å². The van der Waals surface area contributed by atoms with Gasteiger partial charge in [0, 0.05) is 13.1 Å². The maximum absolute atomic E-state index is 8.32. The van der Waals surface area contributed by atoms with Crippen LogP contribution in [0.4, 0.5) is 0 Å². The molecule has 0 fully saturated rings. The van der Waals surface area contributed by atoms with E-state index in [4.69, 9.17) is 5.11 Å². The fraction of sp³-hybridized carbons (Fsp3) is 0.800. The normalized spacial score (nSPS) is 12.5. The smallest absolute Gasteiger partial charge is 0.0696 e. The van der Waals surface area contributed by atoms with E-state index in [-0.39, 0.29) is 0 Å². The van der Waals surface area contributed by atoms with E-state index in [2.05, 4.69) is 18.2 Å². The standard InChI is InChI=1S/C5H13NOS/c1-3-6(4-2)8-5-7/h5,7-8H,3-4H2,1-2H3. The molecule has 0 aromatic heterocycles. The predicted octanol–water partition coefficient (Wildman–Crippen LogP) is 1.03. The van der Waals surface area contributed by atoms with E-state index in [9.17, 15) is 0 Å². The number of thiol groups is 1. The number of hydrogen-bond acceptors (Lipinski definition) is 1. The lowest BCUT2D eigenvalue weighted by Crippen LogP contribution is -2.11. The first-order valence-corrected chi connectivity index (χ1v) is 3.68. The van der Waals surface area contributed by atoms with Crippen LogP contribution in [0.15, 0.2) is 0 Å². The minimum absolute atomic E-state index is 0.905. The molecule has 50 valence electrons. The zero-order valence-electron chi connectivity index (χ0n) is 5.33. The summed E-state index contributed by atoms with van der Waals surface area (Å²) in [5, 5.41) is 8.32. The van der Waals surface area contributed by atoms with Gasteiger partial charge in [0.05, 0.1) is 5.55 Å². The Morgan fingerprint density at radius 2 is 2.00 bits per heavy atom. The third-order valence-electron chi connectivity index (χ3n) is 0.945. The van der Waals surface area contributed by atoms with Crippen molar-refractivity contribution in [1.82, 2.24) is 4.31 Å². The Morgan fingerprint density at radius 3 is 2.12 bits per heavy atom. The molecule has 0 heterocycles. The summed E-state index contributed by atoms with van der Waals surface area (Å²) in [6.07, 6.45) is 0. The molecule has 0 bridgehead atoms. The maximum atomic E-state index is 8.32. The Hall–Kier alpha value is 0.140. The molecule has 0 aliphatic heterocycles. The van der Waals surface area contributed by atoms with Crippen molar-refractivity contribution in [2.45, 2.75) is 13.8 Å². The van der Waals surface area contributed by atoms with Crippen molar-refractivity contribution in [2.24, 2.45) is 0 Å². The molecular formula is C5H13NOS. The zero-order chi connectivity index (χ0) is 6.41. The molecule has 0 atom stereocenters. The monoisotopic (exact) mass is 135 g/mol. The highest BCUT2D eigenvalue weighted by atomic mass is 32.1. The Kier molecular flexibility index (Phi) is 5.37. The van der Waals surface area contributed by atoms with Gasteiger partial charge >= 0.3 is 0 Å². The van der Waals surface area contributed by atoms with Crippen molar-refractivity contribution in [3.63, 3.8) is 0 Å². The summed E-state index contributed by atoms with van der Waals surface area (Å²) in [6, 6.07) is 0. The largest absolute Gasteiger partial charge is 0.362 e. The molecule has 0 rings (SSSR count). The first-order valence-electron chi connectivity index (χ1n) is 2.76. The molecule has 1 N–H and O–H groups in total. The lowest BCUT2D eigenvalue weighted by atomic mass is 10.7. The van der Waals surface area contributed by atoms with Gasteiger partial charge in [0.15, 0.2) is 0 Å². The van der Waals surface area contributed by atoms with E-state index in [0.717, 1.165) is 30.2 Å². The molecule has 8 heavy (non-hydrogen) atoms. The Morgan fingerprint density at radius 1 is 1.50 bits per heavy atom. The molecule has 0 aliphatic rings. The molecule has 0 saturated carbocycles. The second-order valence-electron chi connectivity index (χ2n) is 1.37. The maximum Gasteiger partial charge on any atom is 0.0696 e. The van der Waals surface area contributed by atoms with Crippen LogP contribution in [0.5, 0.6) is 0 Å². The quantitative estimate of drug-likeness (QED) is 0.446. The lowest BCUT2D eigenvalue weighted by molar-refractivity contribution is 0.527. The van der Waals surface area contributed by atoms with Gasteiger partial charge in [-0.1, -0.05) is 13.8 Å². The van der Waals surface area contributed by atoms with E-state index in [1.807, 2.05) is 0 Å². The predicted molar refractivity (Wildman–Crippen MR) is 40.6 cm³/mol. The highest BCUT2D eigenvalue weighted by molar-refractivity contribution is 7.95. The van der Waals surface area contributed by atoms with Crippen molar-refractivity contribution in [2.75, 3.05) is 13.1 Å². The second kappa shape index (κ2) is 5.28. The van der Waals surface area contributed by atoms with Gasteiger partial charge in [-0.25, -0.2) is 0 Å². The highest BCUT2D eigenvalue weighted by Crippen LogP contribution is 1.94. The second-order valence-corrected chi connectivity index (χ2v) is 2.40. The number of rotatable bonds is 3. The third kappa shape index (κ3) is 3.18. The fourth-order valence-corrected chi connectivity index (χ4v) is 0.933. The number of aliphatic hydroxyl groups excluding tert-OH is 1. The summed E-state index contributed by atoms with van der Waals surface area (Å²) in [5.74, 6) is 0. The van der Waals surface area contributed by atoms with Crippen LogP contribution in [0.1, 0.15) is 13.8 Å². The van der Waals surface area contributed by atoms with Crippen LogP contribution in [-0.2, 0) is 0 Å². The molecule has 0 aromatic rings. The van der Waals surface area contributed by atoms with Gasteiger partial charge in [-0.15, -0.1) is 11.5 Å². The summed E-state index contributed by atoms with van der Waals surface area (Å²) in [7, 11) is 0. The van der Waals surface area contributed by atoms with E-state index >= 15 is 0 Å². The minimum Gasteiger partial charge on any atom is -0.362 e. The molecule has 0 aliphatic carbocycles. The molecule has 0 spiro atoms. The topological polar surface area (TPSA) is 23.5 Å². The Balaban J connectivity index is 3.36. The SMILES string of the molecule is CCN(CC)[SH]=CO. The van der Waals surface area contributed by atoms with Crippen LogP contribution in [0.3, 0.4) is 0 Å². The molecule has 3 heteroatoms. The molecule has 0 saturated heterocycles. The molecule has 0 radical (unpaired) electrons. The van der Waals surface area contributed by atoms with Crippen molar-refractivity contribution >= 4 is 17.1 Å². The van der Waals surface area contributed by atoms with E-state index in [1.165, 1.54) is 0 Å². The fourth-order valence-electron chi connectivity index (χ4n) is 0.460. The average molecular weight is 135 g/mol. The highest BCUT2D eigenvalue weighted by Gasteiger charge is 1.87. The van der Waals surface area contributed by atoms with Gasteiger partial charge < -0.3 is 5.11 Å². The number of nitrogens with zero attached hydrogens (tertiary/aromatic N) is 1. The van der Waals surface area contributed by atoms with Gasteiger partial charge in [0.1, 0.15) is 0 Å². The molecule has 0 amide bonds. The Bertz CT molecular complexity index is 70.8. The van der Waals surface area contributed by atoms with E-state index < -0.39 is 0 Å². The van der Waals surface area contributed by atoms with Gasteiger partial charge in [-0.05, 0) is 0 Å². The van der Waals surface area contributed by atoms with Crippen LogP contribution in [0, 0.1) is 0 Å². The molecular weight excluding hydrogens is 122 g/mol. The van der Waals surface area contributed by atoms with Crippen LogP contribution < -0.4 is 0 Å². The van der Waals surface area contributed by atoms with Gasteiger partial charge in [0.25, 0.3) is 0 Å². The van der Waals surface area contributed by atoms with Gasteiger partial charge in [-0.3, -0.25) is 4.31 Å². The zero-order valence-corrected chi connectivity index (χ0v) is 6.23. The summed E-state index contributed by atoms with van der Waals surface area (Å²) in [6.45, 7) is 6.13. The van der Waals surface area contributed by atoms with Crippen molar-refractivity contribution < 1.29 is 5.11 Å². The van der Waals surface area contributed by atoms with Gasteiger partial charge in [0.2, 0.25) is 0 Å². The van der Waals surface area contributed by atoms with E-state index in [1.54, 1.807) is 0 Å². The molecule has 2 nitrogen and oxygen atoms in total. The number of aliphatic hydroxyl groups is 1. The summed E-state index contributed by atoms with van der Waals surface area (Å²) in [4.78, 5) is 0. The number of hydrogen-bond donors (Lipinski definition) is 2. The first-order chi connectivity index (χ1) is 3.85. The summed E-state index contributed by atoms with van der Waals surface area (Å²) >= 11 is 0.905. The lowest BCUT2D eigenvalue weighted by Gasteiger charge is -2.10. The van der Waals surface area contributed by atoms with Crippen molar-refractivity contribution in [1.29, 1.82) is 0 Å². The van der Waals surface area contributed by atoms with E-state index in [0.29, 0.717) is 0 Å². The molecule has 0 aromatic carbocycles. The minimum atomic E-state index is 0.905. The Labute approximate surface area is 54.2 Å². The summed E-state index contributed by atoms with van der Waals surface area (Å²) < 4.78 is 2.10. The third-order valence-corrected chi connectivity index (χ3v) is 1.94.